The van der Waals surface area contributed by atoms with Gasteiger partial charge in [-0.05, 0) is 42.8 Å². The Labute approximate surface area is 212 Å². The van der Waals surface area contributed by atoms with E-state index in [1.165, 1.54) is 31.5 Å². The Balaban J connectivity index is 1.63. The van der Waals surface area contributed by atoms with E-state index in [2.05, 4.69) is 25.0 Å². The Kier molecular flexibility index (Phi) is 7.64. The fourth-order valence-electron chi connectivity index (χ4n) is 3.34. The van der Waals surface area contributed by atoms with Gasteiger partial charge in [-0.2, -0.15) is 9.65 Å². The molecule has 2 N–H and O–H groups in total. The highest BCUT2D eigenvalue weighted by molar-refractivity contribution is 7.85. The van der Waals surface area contributed by atoms with E-state index in [4.69, 9.17) is 10.00 Å². The van der Waals surface area contributed by atoms with Crippen LogP contribution in [-0.4, -0.2) is 26.2 Å². The van der Waals surface area contributed by atoms with Gasteiger partial charge in [-0.1, -0.05) is 12.1 Å². The summed E-state index contributed by atoms with van der Waals surface area (Å²) < 4.78 is 65.5. The molecule has 0 bridgehead atoms. The molecular formula is C25H19F3N6O2S. The van der Waals surface area contributed by atoms with Gasteiger partial charge in [-0.25, -0.2) is 27.9 Å². The molecule has 0 saturated carbocycles. The number of nitrogens with zero attached hydrogens (tertiary/aromatic N) is 4. The molecule has 2 aromatic heterocycles. The van der Waals surface area contributed by atoms with E-state index in [1.54, 1.807) is 37.4 Å². The zero-order valence-electron chi connectivity index (χ0n) is 19.6. The van der Waals surface area contributed by atoms with E-state index < -0.39 is 39.9 Å². The van der Waals surface area contributed by atoms with Crippen molar-refractivity contribution in [3.8, 4) is 29.0 Å². The molecule has 8 nitrogen and oxygen atoms in total. The van der Waals surface area contributed by atoms with Crippen molar-refractivity contribution in [3.05, 3.63) is 89.0 Å². The van der Waals surface area contributed by atoms with E-state index >= 15 is 8.78 Å². The maximum Gasteiger partial charge on any atom is 0.228 e. The average molecular weight is 525 g/mol. The van der Waals surface area contributed by atoms with E-state index in [0.717, 1.165) is 0 Å². The minimum atomic E-state index is -2.00. The summed E-state index contributed by atoms with van der Waals surface area (Å²) in [7, 11) is -0.361. The van der Waals surface area contributed by atoms with E-state index in [1.807, 2.05) is 6.07 Å². The van der Waals surface area contributed by atoms with Gasteiger partial charge in [0.15, 0.2) is 17.4 Å². The number of rotatable bonds is 8. The molecule has 4 aromatic rings. The minimum Gasteiger partial charge on any atom is -0.435 e. The first-order valence-corrected chi connectivity index (χ1v) is 12.1. The normalized spacial score (nSPS) is 11.5. The van der Waals surface area contributed by atoms with Crippen molar-refractivity contribution in [1.29, 1.82) is 5.26 Å². The highest BCUT2D eigenvalue weighted by Crippen LogP contribution is 2.38. The molecule has 12 heteroatoms. The Bertz CT molecular complexity index is 1500. The number of anilines is 2. The molecule has 0 radical (unpaired) electrons. The number of hydrogen-bond acceptors (Lipinski definition) is 7. The van der Waals surface area contributed by atoms with Crippen LogP contribution in [0.4, 0.5) is 24.8 Å². The number of halogens is 3. The molecule has 0 aliphatic heterocycles. The molecular weight excluding hydrogens is 505 g/mol. The van der Waals surface area contributed by atoms with Crippen molar-refractivity contribution in [1.82, 2.24) is 15.0 Å². The van der Waals surface area contributed by atoms with Gasteiger partial charge in [0.05, 0.1) is 28.6 Å². The molecule has 0 aliphatic carbocycles. The van der Waals surface area contributed by atoms with Gasteiger partial charge in [0.25, 0.3) is 0 Å². The second kappa shape index (κ2) is 11.0. The van der Waals surface area contributed by atoms with Crippen LogP contribution >= 0.6 is 0 Å². The third-order valence-electron chi connectivity index (χ3n) is 5.22. The SMILES string of the molecule is CNc1nccc(-c2cccnc2Oc2c(C)c(F)c(NS(=O)Cc3ccc(C#N)cc3)c(F)c2F)n1. The number of nitrogens with one attached hydrogen (secondary N) is 2. The molecule has 1 atom stereocenters. The molecule has 2 heterocycles. The van der Waals surface area contributed by atoms with Crippen molar-refractivity contribution < 1.29 is 22.1 Å². The first-order chi connectivity index (χ1) is 17.8. The summed E-state index contributed by atoms with van der Waals surface area (Å²) in [5.74, 6) is -4.89. The topological polar surface area (TPSA) is 113 Å². The van der Waals surface area contributed by atoms with Crippen LogP contribution < -0.4 is 14.8 Å². The van der Waals surface area contributed by atoms with Crippen molar-refractivity contribution in [2.24, 2.45) is 0 Å². The van der Waals surface area contributed by atoms with Crippen LogP contribution in [0.1, 0.15) is 16.7 Å². The Morgan fingerprint density at radius 3 is 2.49 bits per heavy atom. The number of nitriles is 1. The third-order valence-corrected chi connectivity index (χ3v) is 6.25. The Hall–Kier alpha value is -4.50. The zero-order chi connectivity index (χ0) is 26.5. The maximum atomic E-state index is 15.2. The van der Waals surface area contributed by atoms with E-state index in [9.17, 15) is 8.60 Å². The second-order valence-electron chi connectivity index (χ2n) is 7.65. The quantitative estimate of drug-likeness (QED) is 0.303. The van der Waals surface area contributed by atoms with Gasteiger partial charge >= 0.3 is 0 Å². The van der Waals surface area contributed by atoms with Crippen LogP contribution in [0.2, 0.25) is 0 Å². The van der Waals surface area contributed by atoms with Crippen LogP contribution in [0.5, 0.6) is 11.6 Å². The summed E-state index contributed by atoms with van der Waals surface area (Å²) in [6.45, 7) is 1.20. The molecule has 0 aliphatic rings. The summed E-state index contributed by atoms with van der Waals surface area (Å²) in [5, 5.41) is 11.7. The summed E-state index contributed by atoms with van der Waals surface area (Å²) >= 11 is 0. The first kappa shape index (κ1) is 25.6. The van der Waals surface area contributed by atoms with Crippen molar-refractivity contribution in [3.63, 3.8) is 0 Å². The monoisotopic (exact) mass is 524 g/mol. The fourth-order valence-corrected chi connectivity index (χ4v) is 4.31. The van der Waals surface area contributed by atoms with Gasteiger partial charge in [-0.15, -0.1) is 0 Å². The highest BCUT2D eigenvalue weighted by atomic mass is 32.2. The molecule has 0 spiro atoms. The van der Waals surface area contributed by atoms with Crippen molar-refractivity contribution in [2.45, 2.75) is 12.7 Å². The molecule has 0 saturated heterocycles. The molecule has 0 fully saturated rings. The fraction of sp³-hybridized carbons (Fsp3) is 0.120. The van der Waals surface area contributed by atoms with E-state index in [0.29, 0.717) is 28.3 Å². The predicted molar refractivity (Wildman–Crippen MR) is 133 cm³/mol. The number of ether oxygens (including phenoxy) is 1. The number of pyridine rings is 1. The van der Waals surface area contributed by atoms with Crippen LogP contribution in [-0.2, 0) is 16.7 Å². The van der Waals surface area contributed by atoms with Crippen LogP contribution in [0, 0.1) is 35.7 Å². The molecule has 1 unspecified atom stereocenters. The van der Waals surface area contributed by atoms with Crippen molar-refractivity contribution >= 4 is 22.6 Å². The van der Waals surface area contributed by atoms with Gasteiger partial charge in [-0.3, -0.25) is 4.72 Å². The summed E-state index contributed by atoms with van der Waals surface area (Å²) in [5.41, 5.74) is 0.449. The van der Waals surface area contributed by atoms with Gasteiger partial charge in [0, 0.05) is 25.0 Å². The van der Waals surface area contributed by atoms with Crippen LogP contribution in [0.25, 0.3) is 11.3 Å². The van der Waals surface area contributed by atoms with Crippen LogP contribution in [0.3, 0.4) is 0 Å². The van der Waals surface area contributed by atoms with Crippen LogP contribution in [0.15, 0.2) is 54.9 Å². The number of benzene rings is 2. The lowest BCUT2D eigenvalue weighted by molar-refractivity contribution is 0.397. The van der Waals surface area contributed by atoms with Crippen molar-refractivity contribution in [2.75, 3.05) is 17.1 Å². The Morgan fingerprint density at radius 1 is 1.03 bits per heavy atom. The zero-order valence-corrected chi connectivity index (χ0v) is 20.4. The molecule has 0 amide bonds. The Morgan fingerprint density at radius 2 is 1.78 bits per heavy atom. The molecule has 2 aromatic carbocycles. The summed E-state index contributed by atoms with van der Waals surface area (Å²) in [6, 6.07) is 12.9. The van der Waals surface area contributed by atoms with Gasteiger partial charge in [0.2, 0.25) is 17.6 Å². The maximum absolute atomic E-state index is 15.2. The largest absolute Gasteiger partial charge is 0.435 e. The summed E-state index contributed by atoms with van der Waals surface area (Å²) in [6.07, 6.45) is 2.87. The smallest absolute Gasteiger partial charge is 0.228 e. The first-order valence-electron chi connectivity index (χ1n) is 10.8. The lowest BCUT2D eigenvalue weighted by atomic mass is 10.1. The van der Waals surface area contributed by atoms with Gasteiger partial charge < -0.3 is 10.1 Å². The lowest BCUT2D eigenvalue weighted by Gasteiger charge is -2.16. The third kappa shape index (κ3) is 5.52. The average Bonchev–Trinajstić information content (AvgIpc) is 2.93. The van der Waals surface area contributed by atoms with Gasteiger partial charge in [0.1, 0.15) is 16.7 Å². The summed E-state index contributed by atoms with van der Waals surface area (Å²) in [4.78, 5) is 12.4. The number of aromatic nitrogens is 3. The molecule has 37 heavy (non-hydrogen) atoms. The number of hydrogen-bond donors (Lipinski definition) is 2. The standard InChI is InChI=1S/C25H19F3N6O2S/c1-14-19(26)22(34-37(35)13-16-7-5-15(12-29)6-8-16)20(27)21(28)23(14)36-24-17(4-3-10-31-24)18-9-11-32-25(30-2)33-18/h3-11,34H,13H2,1-2H3,(H,30,32,33). The molecule has 188 valence electrons. The minimum absolute atomic E-state index is 0.130. The predicted octanol–water partition coefficient (Wildman–Crippen LogP) is 5.25. The lowest BCUT2D eigenvalue weighted by Crippen LogP contribution is -2.13. The highest BCUT2D eigenvalue weighted by Gasteiger charge is 2.26. The van der Waals surface area contributed by atoms with E-state index in [-0.39, 0.29) is 17.2 Å². The second-order valence-corrected chi connectivity index (χ2v) is 8.83. The molecule has 4 rings (SSSR count).